The van der Waals surface area contributed by atoms with Crippen LogP contribution < -0.4 is 4.90 Å². The number of amides is 1. The first kappa shape index (κ1) is 19.8. The molecule has 0 aliphatic carbocycles. The summed E-state index contributed by atoms with van der Waals surface area (Å²) >= 11 is 5.96. The first-order chi connectivity index (χ1) is 13.3. The van der Waals surface area contributed by atoms with Crippen molar-refractivity contribution in [3.05, 3.63) is 68.7 Å². The van der Waals surface area contributed by atoms with Crippen LogP contribution >= 0.6 is 11.6 Å². The number of rotatable bonds is 5. The molecule has 0 aromatic heterocycles. The Morgan fingerprint density at radius 2 is 1.82 bits per heavy atom. The molecule has 0 atom stereocenters. The summed E-state index contributed by atoms with van der Waals surface area (Å²) in [6, 6.07) is 11.7. The number of benzene rings is 2. The van der Waals surface area contributed by atoms with Gasteiger partial charge in [-0.1, -0.05) is 23.7 Å². The van der Waals surface area contributed by atoms with Crippen molar-refractivity contribution in [1.29, 1.82) is 0 Å². The number of hydrogen-bond acceptors (Lipinski definition) is 5. The predicted octanol–water partition coefficient (Wildman–Crippen LogP) is 3.34. The van der Waals surface area contributed by atoms with Crippen LogP contribution in [0.4, 0.5) is 11.4 Å². The Balaban J connectivity index is 1.67. The molecule has 0 saturated carbocycles. The maximum Gasteiger partial charge on any atom is 0.293 e. The topological polar surface area (TPSA) is 83.8 Å². The highest BCUT2D eigenvalue weighted by atomic mass is 35.5. The van der Waals surface area contributed by atoms with Gasteiger partial charge in [0, 0.05) is 42.8 Å². The maximum atomic E-state index is 12.5. The second-order valence-electron chi connectivity index (χ2n) is 6.69. The number of hydrogen-bond donors (Lipinski definition) is 0. The SMILES string of the molecule is CC(=O)c1ccc(N2CCN(C(=O)Cc3cccc(Cl)c3)CC2)c([N+](=O)[O-])c1. The van der Waals surface area contributed by atoms with Crippen molar-refractivity contribution in [2.45, 2.75) is 13.3 Å². The molecule has 3 rings (SSSR count). The number of carbonyl (C=O) groups is 2. The standard InChI is InChI=1S/C20H20ClN3O4/c1-14(25)16-5-6-18(19(13-16)24(27)28)22-7-9-23(10-8-22)20(26)12-15-3-2-4-17(21)11-15/h2-6,11,13H,7-10,12H2,1H3. The van der Waals surface area contributed by atoms with Crippen LogP contribution in [0.1, 0.15) is 22.8 Å². The summed E-state index contributed by atoms with van der Waals surface area (Å²) in [6.45, 7) is 3.31. The van der Waals surface area contributed by atoms with Gasteiger partial charge in [-0.25, -0.2) is 0 Å². The van der Waals surface area contributed by atoms with Crippen LogP contribution in [0.15, 0.2) is 42.5 Å². The molecule has 1 amide bonds. The number of nitro groups is 1. The minimum absolute atomic E-state index is 0.00310. The van der Waals surface area contributed by atoms with E-state index in [0.29, 0.717) is 42.5 Å². The lowest BCUT2D eigenvalue weighted by Crippen LogP contribution is -2.49. The Morgan fingerprint density at radius 1 is 1.11 bits per heavy atom. The Kier molecular flexibility index (Phi) is 5.94. The number of anilines is 1. The molecule has 146 valence electrons. The van der Waals surface area contributed by atoms with Crippen LogP contribution in [0.25, 0.3) is 0 Å². The van der Waals surface area contributed by atoms with Crippen LogP contribution in [0.2, 0.25) is 5.02 Å². The van der Waals surface area contributed by atoms with Gasteiger partial charge < -0.3 is 9.80 Å². The Labute approximate surface area is 167 Å². The van der Waals surface area contributed by atoms with E-state index in [4.69, 9.17) is 11.6 Å². The van der Waals surface area contributed by atoms with Gasteiger partial charge >= 0.3 is 0 Å². The Hall–Kier alpha value is -2.93. The van der Waals surface area contributed by atoms with E-state index in [2.05, 4.69) is 0 Å². The third-order valence-electron chi connectivity index (χ3n) is 4.80. The zero-order valence-corrected chi connectivity index (χ0v) is 16.2. The first-order valence-electron chi connectivity index (χ1n) is 8.91. The molecule has 1 aliphatic heterocycles. The monoisotopic (exact) mass is 401 g/mol. The van der Waals surface area contributed by atoms with Gasteiger partial charge in [-0.15, -0.1) is 0 Å². The van der Waals surface area contributed by atoms with E-state index < -0.39 is 4.92 Å². The van der Waals surface area contributed by atoms with Gasteiger partial charge in [-0.05, 0) is 36.8 Å². The van der Waals surface area contributed by atoms with Gasteiger partial charge in [-0.2, -0.15) is 0 Å². The van der Waals surface area contributed by atoms with E-state index in [1.807, 2.05) is 17.0 Å². The smallest absolute Gasteiger partial charge is 0.293 e. The van der Waals surface area contributed by atoms with Gasteiger partial charge in [0.2, 0.25) is 5.91 Å². The summed E-state index contributed by atoms with van der Waals surface area (Å²) < 4.78 is 0. The molecule has 0 N–H and O–H groups in total. The van der Waals surface area contributed by atoms with Crippen molar-refractivity contribution >= 4 is 34.7 Å². The molecule has 0 bridgehead atoms. The molecule has 8 heteroatoms. The number of carbonyl (C=O) groups excluding carboxylic acids is 2. The largest absolute Gasteiger partial charge is 0.362 e. The highest BCUT2D eigenvalue weighted by Gasteiger charge is 2.26. The number of piperazine rings is 1. The van der Waals surface area contributed by atoms with E-state index in [1.165, 1.54) is 13.0 Å². The van der Waals surface area contributed by atoms with Crippen LogP contribution in [-0.4, -0.2) is 47.7 Å². The number of nitro benzene ring substituents is 1. The summed E-state index contributed by atoms with van der Waals surface area (Å²) in [4.78, 5) is 38.6. The molecule has 1 aliphatic rings. The number of ketones is 1. The third kappa shape index (κ3) is 4.48. The predicted molar refractivity (Wildman–Crippen MR) is 107 cm³/mol. The second-order valence-corrected chi connectivity index (χ2v) is 7.13. The zero-order valence-electron chi connectivity index (χ0n) is 15.4. The van der Waals surface area contributed by atoms with E-state index in [1.54, 1.807) is 29.2 Å². The summed E-state index contributed by atoms with van der Waals surface area (Å²) in [5, 5.41) is 12.0. The Bertz CT molecular complexity index is 923. The van der Waals surface area contributed by atoms with Gasteiger partial charge in [0.25, 0.3) is 5.69 Å². The maximum absolute atomic E-state index is 12.5. The Morgan fingerprint density at radius 3 is 2.43 bits per heavy atom. The quantitative estimate of drug-likeness (QED) is 0.436. The lowest BCUT2D eigenvalue weighted by atomic mass is 10.1. The molecule has 1 fully saturated rings. The summed E-state index contributed by atoms with van der Waals surface area (Å²) in [5.74, 6) is -0.213. The molecule has 2 aromatic rings. The normalized spacial score (nSPS) is 14.1. The van der Waals surface area contributed by atoms with E-state index in [9.17, 15) is 19.7 Å². The molecule has 0 unspecified atom stereocenters. The van der Waals surface area contributed by atoms with E-state index in [0.717, 1.165) is 5.56 Å². The van der Waals surface area contributed by atoms with Crippen LogP contribution in [0.3, 0.4) is 0 Å². The van der Waals surface area contributed by atoms with Crippen molar-refractivity contribution in [2.75, 3.05) is 31.1 Å². The first-order valence-corrected chi connectivity index (χ1v) is 9.29. The van der Waals surface area contributed by atoms with Crippen molar-refractivity contribution in [3.63, 3.8) is 0 Å². The van der Waals surface area contributed by atoms with Gasteiger partial charge in [-0.3, -0.25) is 19.7 Å². The van der Waals surface area contributed by atoms with Gasteiger partial charge in [0.15, 0.2) is 5.78 Å². The fourth-order valence-corrected chi connectivity index (χ4v) is 3.50. The van der Waals surface area contributed by atoms with E-state index in [-0.39, 0.29) is 23.8 Å². The van der Waals surface area contributed by atoms with Crippen molar-refractivity contribution in [2.24, 2.45) is 0 Å². The van der Waals surface area contributed by atoms with Crippen LogP contribution in [-0.2, 0) is 11.2 Å². The molecule has 0 spiro atoms. The molecular weight excluding hydrogens is 382 g/mol. The van der Waals surface area contributed by atoms with Crippen molar-refractivity contribution < 1.29 is 14.5 Å². The van der Waals surface area contributed by atoms with Crippen LogP contribution in [0, 0.1) is 10.1 Å². The molecule has 1 heterocycles. The average molecular weight is 402 g/mol. The average Bonchev–Trinajstić information content (AvgIpc) is 2.67. The lowest BCUT2D eigenvalue weighted by Gasteiger charge is -2.36. The van der Waals surface area contributed by atoms with Crippen LogP contribution in [0.5, 0.6) is 0 Å². The van der Waals surface area contributed by atoms with E-state index >= 15 is 0 Å². The molecule has 7 nitrogen and oxygen atoms in total. The molecule has 0 radical (unpaired) electrons. The highest BCUT2D eigenvalue weighted by Crippen LogP contribution is 2.30. The third-order valence-corrected chi connectivity index (χ3v) is 5.03. The minimum Gasteiger partial charge on any atom is -0.362 e. The van der Waals surface area contributed by atoms with Crippen molar-refractivity contribution in [1.82, 2.24) is 4.90 Å². The van der Waals surface area contributed by atoms with Gasteiger partial charge in [0.1, 0.15) is 5.69 Å². The second kappa shape index (κ2) is 8.39. The fourth-order valence-electron chi connectivity index (χ4n) is 3.29. The van der Waals surface area contributed by atoms with Crippen molar-refractivity contribution in [3.8, 4) is 0 Å². The van der Waals surface area contributed by atoms with Gasteiger partial charge in [0.05, 0.1) is 11.3 Å². The summed E-state index contributed by atoms with van der Waals surface area (Å²) in [5.41, 5.74) is 1.55. The highest BCUT2D eigenvalue weighted by molar-refractivity contribution is 6.30. The lowest BCUT2D eigenvalue weighted by molar-refractivity contribution is -0.384. The number of Topliss-reactive ketones (excluding diaryl/α,β-unsaturated/α-hetero) is 1. The minimum atomic E-state index is -0.474. The molecule has 28 heavy (non-hydrogen) atoms. The number of halogens is 1. The molecular formula is C20H20ClN3O4. The summed E-state index contributed by atoms with van der Waals surface area (Å²) in [6.07, 6.45) is 0.272. The number of nitrogens with zero attached hydrogens (tertiary/aromatic N) is 3. The fraction of sp³-hybridized carbons (Fsp3) is 0.300. The summed E-state index contributed by atoms with van der Waals surface area (Å²) in [7, 11) is 0. The molecule has 2 aromatic carbocycles. The zero-order chi connectivity index (χ0) is 20.3. The molecule has 1 saturated heterocycles.